The molecule has 10 heteroatoms. The fourth-order valence-electron chi connectivity index (χ4n) is 1.93. The Morgan fingerprint density at radius 3 is 2.42 bits per heavy atom. The van der Waals surface area contributed by atoms with Crippen molar-refractivity contribution in [3.05, 3.63) is 35.4 Å². The quantitative estimate of drug-likeness (QED) is 0.508. The molecule has 0 bridgehead atoms. The molecule has 0 fully saturated rings. The van der Waals surface area contributed by atoms with E-state index in [2.05, 4.69) is 20.8 Å². The largest absolute Gasteiger partial charge is 0.478 e. The highest BCUT2D eigenvalue weighted by Crippen LogP contribution is 2.26. The van der Waals surface area contributed by atoms with Crippen LogP contribution in [-0.4, -0.2) is 44.4 Å². The molecule has 0 aliphatic carbocycles. The van der Waals surface area contributed by atoms with Crippen molar-refractivity contribution in [2.24, 2.45) is 0 Å². The van der Waals surface area contributed by atoms with Gasteiger partial charge in [-0.1, -0.05) is 35.2 Å². The maximum absolute atomic E-state index is 12.3. The van der Waals surface area contributed by atoms with Crippen molar-refractivity contribution in [2.45, 2.75) is 30.6 Å². The molecule has 0 radical (unpaired) electrons. The number of carboxylic acids is 1. The molecule has 0 atom stereocenters. The summed E-state index contributed by atoms with van der Waals surface area (Å²) in [5.74, 6) is -1.71. The summed E-state index contributed by atoms with van der Waals surface area (Å²) in [4.78, 5) is 35.3. The van der Waals surface area contributed by atoms with Gasteiger partial charge in [-0.25, -0.2) is 4.79 Å². The van der Waals surface area contributed by atoms with Gasteiger partial charge < -0.3 is 10.4 Å². The number of hydrogen-bond acceptors (Lipinski definition) is 7. The lowest BCUT2D eigenvalue weighted by Crippen LogP contribution is -2.41. The van der Waals surface area contributed by atoms with Gasteiger partial charge in [-0.15, -0.1) is 10.2 Å². The maximum atomic E-state index is 12.3. The van der Waals surface area contributed by atoms with Crippen LogP contribution in [0.4, 0.5) is 5.13 Å². The second-order valence-electron chi connectivity index (χ2n) is 6.26. The lowest BCUT2D eigenvalue weighted by molar-refractivity contribution is -0.119. The highest BCUT2D eigenvalue weighted by atomic mass is 32.2. The summed E-state index contributed by atoms with van der Waals surface area (Å²) < 4.78 is 0.524. The first kappa shape index (κ1) is 19.9. The number of benzene rings is 1. The minimum atomic E-state index is -1.19. The normalized spacial score (nSPS) is 11.0. The van der Waals surface area contributed by atoms with Crippen LogP contribution in [0.2, 0.25) is 0 Å². The van der Waals surface area contributed by atoms with Gasteiger partial charge in [-0.05, 0) is 32.9 Å². The molecule has 1 heterocycles. The van der Waals surface area contributed by atoms with Crippen LogP contribution in [0.1, 0.15) is 41.5 Å². The summed E-state index contributed by atoms with van der Waals surface area (Å²) in [5, 5.41) is 22.5. The van der Waals surface area contributed by atoms with Crippen molar-refractivity contribution in [3.8, 4) is 0 Å². The number of carbonyl (C=O) groups excluding carboxylic acids is 2. The van der Waals surface area contributed by atoms with E-state index >= 15 is 0 Å². The molecule has 0 aliphatic rings. The average molecular weight is 394 g/mol. The Morgan fingerprint density at radius 2 is 1.81 bits per heavy atom. The van der Waals surface area contributed by atoms with Gasteiger partial charge >= 0.3 is 5.97 Å². The van der Waals surface area contributed by atoms with Crippen LogP contribution in [0.5, 0.6) is 0 Å². The molecule has 0 saturated heterocycles. The molecule has 3 N–H and O–H groups in total. The molecule has 0 aliphatic heterocycles. The molecule has 1 aromatic carbocycles. The third kappa shape index (κ3) is 5.81. The van der Waals surface area contributed by atoms with Gasteiger partial charge in [-0.2, -0.15) is 0 Å². The highest BCUT2D eigenvalue weighted by Gasteiger charge is 2.18. The highest BCUT2D eigenvalue weighted by molar-refractivity contribution is 8.01. The summed E-state index contributed by atoms with van der Waals surface area (Å²) in [7, 11) is 0. The first-order valence-corrected chi connectivity index (χ1v) is 9.37. The SMILES string of the molecule is CC(C)(C)NC(=O)CSc1nnc(NC(=O)c2ccccc2C(=O)O)s1. The van der Waals surface area contributed by atoms with Gasteiger partial charge in [0.15, 0.2) is 4.34 Å². The minimum absolute atomic E-state index is 0.0361. The summed E-state index contributed by atoms with van der Waals surface area (Å²) in [6, 6.07) is 5.90. The number of nitrogens with one attached hydrogen (secondary N) is 2. The van der Waals surface area contributed by atoms with E-state index in [0.29, 0.717) is 4.34 Å². The topological polar surface area (TPSA) is 121 Å². The maximum Gasteiger partial charge on any atom is 0.336 e. The lowest BCUT2D eigenvalue weighted by atomic mass is 10.1. The van der Waals surface area contributed by atoms with E-state index in [1.807, 2.05) is 20.8 Å². The lowest BCUT2D eigenvalue weighted by Gasteiger charge is -2.19. The van der Waals surface area contributed by atoms with E-state index < -0.39 is 11.9 Å². The summed E-state index contributed by atoms with van der Waals surface area (Å²) in [5.41, 5.74) is -0.368. The number of carboxylic acid groups (broad SMARTS) is 1. The Hall–Kier alpha value is -2.46. The number of aromatic nitrogens is 2. The average Bonchev–Trinajstić information content (AvgIpc) is 2.98. The van der Waals surface area contributed by atoms with Gasteiger partial charge in [0.25, 0.3) is 5.91 Å². The summed E-state index contributed by atoms with van der Waals surface area (Å²) >= 11 is 2.32. The van der Waals surface area contributed by atoms with Crippen LogP contribution in [-0.2, 0) is 4.79 Å². The zero-order chi connectivity index (χ0) is 19.3. The van der Waals surface area contributed by atoms with Crippen LogP contribution in [0.15, 0.2) is 28.6 Å². The van der Waals surface area contributed by atoms with Gasteiger partial charge in [0, 0.05) is 5.54 Å². The number of aromatic carboxylic acids is 1. The molecule has 1 aromatic heterocycles. The Morgan fingerprint density at radius 1 is 1.15 bits per heavy atom. The Balaban J connectivity index is 1.97. The molecule has 0 unspecified atom stereocenters. The molecule has 26 heavy (non-hydrogen) atoms. The number of nitrogens with zero attached hydrogens (tertiary/aromatic N) is 2. The Kier molecular flexibility index (Phi) is 6.32. The molecule has 8 nitrogen and oxygen atoms in total. The number of hydrogen-bond donors (Lipinski definition) is 3. The summed E-state index contributed by atoms with van der Waals surface area (Å²) in [6.07, 6.45) is 0. The molecule has 0 saturated carbocycles. The van der Waals surface area contributed by atoms with Crippen molar-refractivity contribution in [1.82, 2.24) is 15.5 Å². The van der Waals surface area contributed by atoms with E-state index in [9.17, 15) is 14.4 Å². The molecular weight excluding hydrogens is 376 g/mol. The second kappa shape index (κ2) is 8.28. The minimum Gasteiger partial charge on any atom is -0.478 e. The van der Waals surface area contributed by atoms with Crippen molar-refractivity contribution < 1.29 is 19.5 Å². The molecule has 0 spiro atoms. The van der Waals surface area contributed by atoms with Crippen molar-refractivity contribution in [2.75, 3.05) is 11.1 Å². The fraction of sp³-hybridized carbons (Fsp3) is 0.312. The molecule has 2 rings (SSSR count). The third-order valence-corrected chi connectivity index (χ3v) is 4.84. The van der Waals surface area contributed by atoms with E-state index in [4.69, 9.17) is 5.11 Å². The van der Waals surface area contributed by atoms with Gasteiger partial charge in [-0.3, -0.25) is 14.9 Å². The monoisotopic (exact) mass is 394 g/mol. The fourth-order valence-corrected chi connectivity index (χ4v) is 3.48. The number of rotatable bonds is 6. The van der Waals surface area contributed by atoms with Gasteiger partial charge in [0.2, 0.25) is 11.0 Å². The molecule has 2 amide bonds. The predicted octanol–water partition coefficient (Wildman–Crippen LogP) is 2.50. The first-order valence-electron chi connectivity index (χ1n) is 7.57. The first-order chi connectivity index (χ1) is 12.2. The van der Waals surface area contributed by atoms with E-state index in [0.717, 1.165) is 11.3 Å². The smallest absolute Gasteiger partial charge is 0.336 e. The number of amides is 2. The number of carbonyl (C=O) groups is 3. The van der Waals surface area contributed by atoms with E-state index in [1.54, 1.807) is 12.1 Å². The van der Waals surface area contributed by atoms with Crippen LogP contribution in [0, 0.1) is 0 Å². The molecule has 138 valence electrons. The van der Waals surface area contributed by atoms with Crippen LogP contribution in [0.3, 0.4) is 0 Å². The van der Waals surface area contributed by atoms with Crippen molar-refractivity contribution >= 4 is 46.0 Å². The van der Waals surface area contributed by atoms with Gasteiger partial charge in [0.1, 0.15) is 0 Å². The Bertz CT molecular complexity index is 830. The van der Waals surface area contributed by atoms with Crippen LogP contribution in [0.25, 0.3) is 0 Å². The summed E-state index contributed by atoms with van der Waals surface area (Å²) in [6.45, 7) is 5.68. The zero-order valence-electron chi connectivity index (χ0n) is 14.4. The molecule has 2 aromatic rings. The van der Waals surface area contributed by atoms with Crippen LogP contribution >= 0.6 is 23.1 Å². The van der Waals surface area contributed by atoms with Crippen molar-refractivity contribution in [3.63, 3.8) is 0 Å². The van der Waals surface area contributed by atoms with E-state index in [1.165, 1.54) is 23.9 Å². The van der Waals surface area contributed by atoms with Gasteiger partial charge in [0.05, 0.1) is 16.9 Å². The third-order valence-electron chi connectivity index (χ3n) is 2.87. The van der Waals surface area contributed by atoms with Crippen molar-refractivity contribution in [1.29, 1.82) is 0 Å². The second-order valence-corrected chi connectivity index (χ2v) is 8.46. The Labute approximate surface area is 158 Å². The number of anilines is 1. The van der Waals surface area contributed by atoms with Crippen LogP contribution < -0.4 is 10.6 Å². The zero-order valence-corrected chi connectivity index (χ0v) is 16.0. The predicted molar refractivity (Wildman–Crippen MR) is 99.9 cm³/mol. The van der Waals surface area contributed by atoms with E-state index in [-0.39, 0.29) is 33.5 Å². The standard InChI is InChI=1S/C16H18N4O4S2/c1-16(2,3)18-11(21)8-25-15-20-19-14(26-15)17-12(22)9-6-4-5-7-10(9)13(23)24/h4-7H,8H2,1-3H3,(H,18,21)(H,23,24)(H,17,19,22). The number of thioether (sulfide) groups is 1. The molecular formula is C16H18N4O4S2.